The molecule has 0 amide bonds. The van der Waals surface area contributed by atoms with Crippen molar-refractivity contribution in [3.8, 4) is 11.4 Å². The van der Waals surface area contributed by atoms with Crippen LogP contribution in [0, 0.1) is 14.8 Å². The molecule has 1 heterocycles. The van der Waals surface area contributed by atoms with Crippen LogP contribution in [0.5, 0.6) is 0 Å². The number of nitrogens with one attached hydrogen (secondary N) is 1. The van der Waals surface area contributed by atoms with Gasteiger partial charge in [-0.05, 0) is 37.8 Å². The number of rotatable bonds is 2. The first-order valence-electron chi connectivity index (χ1n) is 7.02. The van der Waals surface area contributed by atoms with Gasteiger partial charge in [0, 0.05) is 29.0 Å². The Bertz CT molecular complexity index is 738. The summed E-state index contributed by atoms with van der Waals surface area (Å²) < 4.78 is 0.652. The third-order valence-corrected chi connectivity index (χ3v) is 4.15. The number of hydrogen-bond donors (Lipinski definition) is 1. The van der Waals surface area contributed by atoms with Crippen molar-refractivity contribution in [1.29, 1.82) is 0 Å². The van der Waals surface area contributed by atoms with Crippen LogP contribution in [-0.2, 0) is 12.8 Å². The van der Waals surface area contributed by atoms with Crippen molar-refractivity contribution in [3.63, 3.8) is 0 Å². The maximum absolute atomic E-state index is 10.7. The van der Waals surface area contributed by atoms with Crippen LogP contribution in [0.3, 0.4) is 0 Å². The predicted molar refractivity (Wildman–Crippen MR) is 82.8 cm³/mol. The molecule has 0 radical (unpaired) electrons. The second-order valence-electron chi connectivity index (χ2n) is 5.21. The normalized spacial score (nSPS) is 14.3. The summed E-state index contributed by atoms with van der Waals surface area (Å²) >= 11 is 5.41. The number of hydrogen-bond acceptors (Lipinski definition) is 4. The SMILES string of the molecule is O=[N+]([O-])c1ccc(-c2nc(=S)c3c([nH]2)CCCCC3)cc1. The van der Waals surface area contributed by atoms with Crippen LogP contribution < -0.4 is 0 Å². The highest BCUT2D eigenvalue weighted by Gasteiger charge is 2.13. The van der Waals surface area contributed by atoms with Crippen LogP contribution in [0.4, 0.5) is 5.69 Å². The number of nitro groups is 1. The van der Waals surface area contributed by atoms with Gasteiger partial charge in [-0.2, -0.15) is 0 Å². The Hall–Kier alpha value is -2.08. The molecule has 0 atom stereocenters. The van der Waals surface area contributed by atoms with E-state index in [4.69, 9.17) is 12.2 Å². The van der Waals surface area contributed by atoms with E-state index in [1.165, 1.54) is 24.2 Å². The molecule has 5 nitrogen and oxygen atoms in total. The molecular weight excluding hydrogens is 286 g/mol. The highest BCUT2D eigenvalue weighted by atomic mass is 32.1. The molecule has 2 aromatic rings. The van der Waals surface area contributed by atoms with Gasteiger partial charge in [-0.1, -0.05) is 18.6 Å². The van der Waals surface area contributed by atoms with E-state index in [-0.39, 0.29) is 5.69 Å². The number of nitrogens with zero attached hydrogens (tertiary/aromatic N) is 2. The van der Waals surface area contributed by atoms with E-state index in [2.05, 4.69) is 9.97 Å². The van der Waals surface area contributed by atoms with Gasteiger partial charge >= 0.3 is 0 Å². The van der Waals surface area contributed by atoms with Crippen LogP contribution in [0.25, 0.3) is 11.4 Å². The van der Waals surface area contributed by atoms with Gasteiger partial charge in [0.15, 0.2) is 0 Å². The molecule has 0 saturated carbocycles. The third-order valence-electron chi connectivity index (χ3n) is 3.81. The molecule has 0 bridgehead atoms. The van der Waals surface area contributed by atoms with Crippen molar-refractivity contribution in [2.24, 2.45) is 0 Å². The Morgan fingerprint density at radius 1 is 1.14 bits per heavy atom. The molecular formula is C15H15N3O2S. The van der Waals surface area contributed by atoms with E-state index in [0.29, 0.717) is 10.5 Å². The third kappa shape index (κ3) is 2.85. The number of fused-ring (bicyclic) bond motifs is 1. The molecule has 1 aliphatic rings. The summed E-state index contributed by atoms with van der Waals surface area (Å²) in [6.07, 6.45) is 5.49. The Balaban J connectivity index is 2.03. The molecule has 108 valence electrons. The van der Waals surface area contributed by atoms with Gasteiger partial charge in [0.1, 0.15) is 10.5 Å². The lowest BCUT2D eigenvalue weighted by atomic mass is 10.1. The van der Waals surface area contributed by atoms with Crippen LogP contribution in [0.2, 0.25) is 0 Å². The predicted octanol–water partition coefficient (Wildman–Crippen LogP) is 3.98. The van der Waals surface area contributed by atoms with Gasteiger partial charge in [0.2, 0.25) is 0 Å². The number of aromatic nitrogens is 2. The van der Waals surface area contributed by atoms with Crippen LogP contribution in [0.1, 0.15) is 30.5 Å². The molecule has 3 rings (SSSR count). The van der Waals surface area contributed by atoms with Crippen molar-refractivity contribution < 1.29 is 4.92 Å². The zero-order chi connectivity index (χ0) is 14.8. The van der Waals surface area contributed by atoms with Gasteiger partial charge in [-0.15, -0.1) is 0 Å². The number of aromatic amines is 1. The fourth-order valence-electron chi connectivity index (χ4n) is 2.67. The highest BCUT2D eigenvalue weighted by molar-refractivity contribution is 7.71. The summed E-state index contributed by atoms with van der Waals surface area (Å²) in [5, 5.41) is 10.7. The lowest BCUT2D eigenvalue weighted by Crippen LogP contribution is -2.02. The minimum atomic E-state index is -0.406. The average molecular weight is 301 g/mol. The van der Waals surface area contributed by atoms with Gasteiger partial charge in [0.05, 0.1) is 4.92 Å². The van der Waals surface area contributed by atoms with Gasteiger partial charge < -0.3 is 4.98 Å². The van der Waals surface area contributed by atoms with Crippen molar-refractivity contribution in [1.82, 2.24) is 9.97 Å². The molecule has 21 heavy (non-hydrogen) atoms. The second-order valence-corrected chi connectivity index (χ2v) is 5.60. The molecule has 1 aromatic carbocycles. The zero-order valence-electron chi connectivity index (χ0n) is 11.5. The smallest absolute Gasteiger partial charge is 0.269 e. The molecule has 0 saturated heterocycles. The van der Waals surface area contributed by atoms with Gasteiger partial charge in [-0.3, -0.25) is 10.1 Å². The largest absolute Gasteiger partial charge is 0.343 e. The standard InChI is InChI=1S/C15H15N3O2S/c19-18(20)11-8-6-10(7-9-11)14-16-13-5-3-1-2-4-12(13)15(21)17-14/h6-9H,1-5H2,(H,16,17,21). The van der Waals surface area contributed by atoms with Gasteiger partial charge in [-0.25, -0.2) is 4.98 Å². The van der Waals surface area contributed by atoms with E-state index in [9.17, 15) is 10.1 Å². The number of benzene rings is 1. The number of aryl methyl sites for hydroxylation is 1. The van der Waals surface area contributed by atoms with Crippen LogP contribution in [-0.4, -0.2) is 14.9 Å². The van der Waals surface area contributed by atoms with E-state index < -0.39 is 4.92 Å². The molecule has 0 unspecified atom stereocenters. The minimum absolute atomic E-state index is 0.0760. The van der Waals surface area contributed by atoms with Crippen molar-refractivity contribution >= 4 is 17.9 Å². The average Bonchev–Trinajstić information content (AvgIpc) is 2.73. The minimum Gasteiger partial charge on any atom is -0.343 e. The number of H-pyrrole nitrogens is 1. The first kappa shape index (κ1) is 13.9. The summed E-state index contributed by atoms with van der Waals surface area (Å²) in [4.78, 5) is 18.1. The summed E-state index contributed by atoms with van der Waals surface area (Å²) in [7, 11) is 0. The number of nitro benzene ring substituents is 1. The molecule has 1 aliphatic carbocycles. The summed E-state index contributed by atoms with van der Waals surface area (Å²) in [5.41, 5.74) is 3.22. The van der Waals surface area contributed by atoms with Crippen molar-refractivity contribution in [3.05, 3.63) is 50.3 Å². The van der Waals surface area contributed by atoms with Crippen molar-refractivity contribution in [2.45, 2.75) is 32.1 Å². The summed E-state index contributed by atoms with van der Waals surface area (Å²) in [5.74, 6) is 0.690. The molecule has 6 heteroatoms. The van der Waals surface area contributed by atoms with Gasteiger partial charge in [0.25, 0.3) is 5.69 Å². The number of non-ortho nitro benzene ring substituents is 1. The highest BCUT2D eigenvalue weighted by Crippen LogP contribution is 2.24. The Morgan fingerprint density at radius 2 is 1.86 bits per heavy atom. The second kappa shape index (κ2) is 5.73. The quantitative estimate of drug-likeness (QED) is 0.394. The summed E-state index contributed by atoms with van der Waals surface area (Å²) in [6, 6.07) is 6.38. The van der Waals surface area contributed by atoms with E-state index in [1.54, 1.807) is 12.1 Å². The summed E-state index contributed by atoms with van der Waals surface area (Å²) in [6.45, 7) is 0. The molecule has 1 aromatic heterocycles. The lowest BCUT2D eigenvalue weighted by molar-refractivity contribution is -0.384. The van der Waals surface area contributed by atoms with E-state index in [0.717, 1.165) is 36.8 Å². The fraction of sp³-hybridized carbons (Fsp3) is 0.333. The first-order chi connectivity index (χ1) is 10.1. The molecule has 1 N–H and O–H groups in total. The Labute approximate surface area is 127 Å². The Morgan fingerprint density at radius 3 is 2.57 bits per heavy atom. The van der Waals surface area contributed by atoms with Crippen molar-refractivity contribution in [2.75, 3.05) is 0 Å². The maximum Gasteiger partial charge on any atom is 0.269 e. The first-order valence-corrected chi connectivity index (χ1v) is 7.43. The zero-order valence-corrected chi connectivity index (χ0v) is 12.3. The topological polar surface area (TPSA) is 71.8 Å². The monoisotopic (exact) mass is 301 g/mol. The van der Waals surface area contributed by atoms with E-state index in [1.807, 2.05) is 0 Å². The molecule has 0 fully saturated rings. The van der Waals surface area contributed by atoms with Crippen LogP contribution in [0.15, 0.2) is 24.3 Å². The molecule has 0 spiro atoms. The van der Waals surface area contributed by atoms with E-state index >= 15 is 0 Å². The maximum atomic E-state index is 10.7. The lowest BCUT2D eigenvalue weighted by Gasteiger charge is -2.09. The Kier molecular flexibility index (Phi) is 3.79. The fourth-order valence-corrected chi connectivity index (χ4v) is 2.99. The van der Waals surface area contributed by atoms with Crippen LogP contribution >= 0.6 is 12.2 Å². The molecule has 0 aliphatic heterocycles.